The van der Waals surface area contributed by atoms with Crippen molar-refractivity contribution in [3.8, 4) is 17.6 Å². The van der Waals surface area contributed by atoms with Gasteiger partial charge in [0.05, 0.1) is 22.9 Å². The summed E-state index contributed by atoms with van der Waals surface area (Å²) in [5, 5.41) is 18.2. The fourth-order valence-corrected chi connectivity index (χ4v) is 4.16. The van der Waals surface area contributed by atoms with Crippen molar-refractivity contribution in [1.82, 2.24) is 0 Å². The molecule has 1 amide bonds. The number of ether oxygens (including phenoxy) is 2. The van der Waals surface area contributed by atoms with E-state index in [-0.39, 0.29) is 23.2 Å². The highest BCUT2D eigenvalue weighted by Crippen LogP contribution is 2.42. The molecule has 0 saturated carbocycles. The predicted molar refractivity (Wildman–Crippen MR) is 116 cm³/mol. The van der Waals surface area contributed by atoms with Gasteiger partial charge in [-0.05, 0) is 56.4 Å². The number of anilines is 2. The third kappa shape index (κ3) is 3.67. The minimum Gasteiger partial charge on any atom is -0.457 e. The standard InChI is InChI=1S/C22H16F3N3O4S/c1-21(2)19(30)27(13-4-3-12(9-26)16(7-13)22(23,24)25)20(33)28(21)14-5-6-17-18(8-14)31-11-15(10-29)32-17/h3-8,11,29H,10H2,1-2H3. The zero-order valence-electron chi connectivity index (χ0n) is 17.3. The van der Waals surface area contributed by atoms with Crippen molar-refractivity contribution in [3.05, 3.63) is 59.5 Å². The molecule has 1 saturated heterocycles. The van der Waals surface area contributed by atoms with Crippen molar-refractivity contribution in [3.63, 3.8) is 0 Å². The van der Waals surface area contributed by atoms with Crippen molar-refractivity contribution in [2.24, 2.45) is 0 Å². The highest BCUT2D eigenvalue weighted by atomic mass is 32.1. The Kier molecular flexibility index (Phi) is 5.30. The Morgan fingerprint density at radius 2 is 1.85 bits per heavy atom. The Labute approximate surface area is 191 Å². The van der Waals surface area contributed by atoms with Crippen molar-refractivity contribution >= 4 is 34.6 Å². The zero-order valence-corrected chi connectivity index (χ0v) is 18.1. The normalized spacial score (nSPS) is 17.2. The lowest BCUT2D eigenvalue weighted by molar-refractivity contribution is -0.137. The first-order valence-electron chi connectivity index (χ1n) is 9.57. The molecule has 4 rings (SSSR count). The lowest BCUT2D eigenvalue weighted by Gasteiger charge is -2.30. The van der Waals surface area contributed by atoms with Crippen LogP contribution in [0.5, 0.6) is 11.5 Å². The Morgan fingerprint density at radius 3 is 2.48 bits per heavy atom. The lowest BCUT2D eigenvalue weighted by atomic mass is 10.0. The maximum absolute atomic E-state index is 13.5. The molecule has 7 nitrogen and oxygen atoms in total. The van der Waals surface area contributed by atoms with Gasteiger partial charge in [-0.2, -0.15) is 18.4 Å². The molecule has 2 aliphatic rings. The van der Waals surface area contributed by atoms with Crippen LogP contribution in [-0.2, 0) is 11.0 Å². The molecule has 2 aliphatic heterocycles. The van der Waals surface area contributed by atoms with Crippen LogP contribution in [-0.4, -0.2) is 28.3 Å². The molecular formula is C22H16F3N3O4S. The summed E-state index contributed by atoms with van der Waals surface area (Å²) in [6, 6.07) is 9.29. The molecule has 0 bridgehead atoms. The molecular weight excluding hydrogens is 459 g/mol. The molecule has 0 unspecified atom stereocenters. The quantitative estimate of drug-likeness (QED) is 0.669. The molecule has 1 N–H and O–H groups in total. The van der Waals surface area contributed by atoms with E-state index in [1.54, 1.807) is 32.0 Å². The van der Waals surface area contributed by atoms with Crippen LogP contribution in [0.2, 0.25) is 0 Å². The van der Waals surface area contributed by atoms with Crippen molar-refractivity contribution < 1.29 is 32.5 Å². The van der Waals surface area contributed by atoms with E-state index in [1.807, 2.05) is 0 Å². The van der Waals surface area contributed by atoms with Crippen LogP contribution in [0, 0.1) is 11.3 Å². The van der Waals surface area contributed by atoms with Crippen LogP contribution in [0.4, 0.5) is 24.5 Å². The molecule has 0 radical (unpaired) electrons. The van der Waals surface area contributed by atoms with E-state index in [1.165, 1.54) is 23.3 Å². The summed E-state index contributed by atoms with van der Waals surface area (Å²) >= 11 is 5.51. The number of rotatable bonds is 3. The number of amides is 1. The van der Waals surface area contributed by atoms with E-state index >= 15 is 0 Å². The average Bonchev–Trinajstić information content (AvgIpc) is 2.95. The summed E-state index contributed by atoms with van der Waals surface area (Å²) < 4.78 is 51.3. The highest BCUT2D eigenvalue weighted by Gasteiger charge is 2.51. The number of aliphatic hydroxyl groups is 1. The van der Waals surface area contributed by atoms with Crippen LogP contribution >= 0.6 is 12.2 Å². The van der Waals surface area contributed by atoms with Crippen LogP contribution in [0.25, 0.3) is 0 Å². The van der Waals surface area contributed by atoms with E-state index in [0.717, 1.165) is 17.0 Å². The molecule has 0 atom stereocenters. The second-order valence-electron chi connectivity index (χ2n) is 7.75. The van der Waals surface area contributed by atoms with E-state index in [4.69, 9.17) is 27.0 Å². The number of carbonyl (C=O) groups is 1. The largest absolute Gasteiger partial charge is 0.457 e. The Balaban J connectivity index is 1.75. The van der Waals surface area contributed by atoms with Gasteiger partial charge >= 0.3 is 6.18 Å². The number of hydrogen-bond acceptors (Lipinski definition) is 6. The second kappa shape index (κ2) is 7.75. The topological polar surface area (TPSA) is 86.0 Å². The van der Waals surface area contributed by atoms with Crippen molar-refractivity contribution in [2.75, 3.05) is 16.4 Å². The van der Waals surface area contributed by atoms with Gasteiger partial charge in [-0.3, -0.25) is 9.69 Å². The molecule has 11 heteroatoms. The van der Waals surface area contributed by atoms with Gasteiger partial charge < -0.3 is 19.5 Å². The van der Waals surface area contributed by atoms with Crippen molar-refractivity contribution in [2.45, 2.75) is 25.6 Å². The number of nitriles is 1. The molecule has 0 spiro atoms. The third-order valence-corrected chi connectivity index (χ3v) is 5.62. The lowest BCUT2D eigenvalue weighted by Crippen LogP contribution is -2.44. The summed E-state index contributed by atoms with van der Waals surface area (Å²) in [6.07, 6.45) is -3.54. The Hall–Kier alpha value is -3.62. The second-order valence-corrected chi connectivity index (χ2v) is 8.12. The van der Waals surface area contributed by atoms with E-state index < -0.39 is 28.7 Å². The maximum atomic E-state index is 13.5. The third-order valence-electron chi connectivity index (χ3n) is 5.25. The minimum absolute atomic E-state index is 0.0360. The molecule has 170 valence electrons. The van der Waals surface area contributed by atoms with Crippen molar-refractivity contribution in [1.29, 1.82) is 5.26 Å². The Bertz CT molecular complexity index is 1250. The first-order valence-corrected chi connectivity index (χ1v) is 9.98. The molecule has 2 aromatic rings. The predicted octanol–water partition coefficient (Wildman–Crippen LogP) is 4.10. The molecule has 2 heterocycles. The van der Waals surface area contributed by atoms with Crippen LogP contribution in [0.15, 0.2) is 48.4 Å². The summed E-state index contributed by atoms with van der Waals surface area (Å²) in [5.41, 5.74) is -2.59. The number of carbonyl (C=O) groups excluding carboxylic acids is 1. The van der Waals surface area contributed by atoms with Gasteiger partial charge in [0, 0.05) is 11.8 Å². The number of fused-ring (bicyclic) bond motifs is 1. The molecule has 33 heavy (non-hydrogen) atoms. The number of nitrogens with zero attached hydrogens (tertiary/aromatic N) is 3. The van der Waals surface area contributed by atoms with Gasteiger partial charge in [0.2, 0.25) is 0 Å². The number of hydrogen-bond donors (Lipinski definition) is 1. The first kappa shape index (κ1) is 22.6. The van der Waals surface area contributed by atoms with Gasteiger partial charge in [-0.25, -0.2) is 0 Å². The molecule has 1 fully saturated rings. The molecule has 2 aromatic carbocycles. The van der Waals surface area contributed by atoms with Gasteiger partial charge in [-0.1, -0.05) is 0 Å². The van der Waals surface area contributed by atoms with E-state index in [9.17, 15) is 23.1 Å². The summed E-state index contributed by atoms with van der Waals surface area (Å²) in [6.45, 7) is 2.84. The summed E-state index contributed by atoms with van der Waals surface area (Å²) in [4.78, 5) is 15.8. The van der Waals surface area contributed by atoms with Crippen LogP contribution in [0.1, 0.15) is 25.0 Å². The monoisotopic (exact) mass is 475 g/mol. The molecule has 0 aromatic heterocycles. The number of thiocarbonyl (C=S) groups is 1. The SMILES string of the molecule is CC1(C)C(=O)N(c2ccc(C#N)c(C(F)(F)F)c2)C(=S)N1c1ccc2c(c1)OC=C(CO)O2. The fraction of sp³-hybridized carbons (Fsp3) is 0.227. The van der Waals surface area contributed by atoms with Crippen LogP contribution in [0.3, 0.4) is 0 Å². The number of alkyl halides is 3. The van der Waals surface area contributed by atoms with E-state index in [0.29, 0.717) is 17.2 Å². The highest BCUT2D eigenvalue weighted by molar-refractivity contribution is 7.81. The zero-order chi connectivity index (χ0) is 24.1. The smallest absolute Gasteiger partial charge is 0.417 e. The number of benzene rings is 2. The van der Waals surface area contributed by atoms with E-state index in [2.05, 4.69) is 0 Å². The minimum atomic E-state index is -4.78. The van der Waals surface area contributed by atoms with Gasteiger partial charge in [0.1, 0.15) is 18.4 Å². The number of aliphatic hydroxyl groups excluding tert-OH is 1. The maximum Gasteiger partial charge on any atom is 0.417 e. The van der Waals surface area contributed by atoms with Gasteiger partial charge in [0.25, 0.3) is 5.91 Å². The number of halogens is 3. The summed E-state index contributed by atoms with van der Waals surface area (Å²) in [7, 11) is 0. The van der Waals surface area contributed by atoms with Crippen LogP contribution < -0.4 is 19.3 Å². The Morgan fingerprint density at radius 1 is 1.15 bits per heavy atom. The molecule has 0 aliphatic carbocycles. The van der Waals surface area contributed by atoms with Gasteiger partial charge in [0.15, 0.2) is 22.4 Å². The first-order chi connectivity index (χ1) is 15.5. The fourth-order valence-electron chi connectivity index (χ4n) is 3.64. The summed E-state index contributed by atoms with van der Waals surface area (Å²) in [5.74, 6) is 0.336. The van der Waals surface area contributed by atoms with Gasteiger partial charge in [-0.15, -0.1) is 0 Å². The average molecular weight is 475 g/mol.